The Morgan fingerprint density at radius 3 is 1.53 bits per heavy atom. The van der Waals surface area contributed by atoms with Gasteiger partial charge in [0.25, 0.3) is 0 Å². The normalized spacial score (nSPS) is 20.3. The Kier molecular flexibility index (Phi) is 7.64. The summed E-state index contributed by atoms with van der Waals surface area (Å²) in [4.78, 5) is 29.0. The molecule has 0 aromatic heterocycles. The SMILES string of the molecule is CCCN(CCC)c1ccc(C(C2=C(O)CC(C)(C)CC2=O)C2=C(O)CC(C)(C)CC2=O)cc1. The van der Waals surface area contributed by atoms with Crippen molar-refractivity contribution < 1.29 is 19.8 Å². The van der Waals surface area contributed by atoms with Crippen molar-refractivity contribution in [2.24, 2.45) is 10.8 Å². The van der Waals surface area contributed by atoms with Crippen LogP contribution in [-0.2, 0) is 9.59 Å². The Morgan fingerprint density at radius 1 is 0.765 bits per heavy atom. The third-order valence-electron chi connectivity index (χ3n) is 6.95. The van der Waals surface area contributed by atoms with Gasteiger partial charge in [0.2, 0.25) is 0 Å². The zero-order chi connectivity index (χ0) is 25.3. The minimum Gasteiger partial charge on any atom is -0.512 e. The van der Waals surface area contributed by atoms with Crippen LogP contribution in [0.4, 0.5) is 5.69 Å². The number of ketones is 2. The lowest BCUT2D eigenvalue weighted by molar-refractivity contribution is -0.119. The van der Waals surface area contributed by atoms with Crippen molar-refractivity contribution in [1.29, 1.82) is 0 Å². The molecule has 5 heteroatoms. The summed E-state index contributed by atoms with van der Waals surface area (Å²) in [7, 11) is 0. The van der Waals surface area contributed by atoms with Gasteiger partial charge in [-0.05, 0) is 41.4 Å². The number of rotatable bonds is 8. The number of aliphatic hydroxyl groups is 2. The van der Waals surface area contributed by atoms with Gasteiger partial charge in [0, 0.05) is 61.5 Å². The molecule has 1 aromatic rings. The molecule has 0 bridgehead atoms. The topological polar surface area (TPSA) is 77.8 Å². The fraction of sp³-hybridized carbons (Fsp3) is 0.586. The van der Waals surface area contributed by atoms with E-state index in [1.54, 1.807) is 0 Å². The minimum atomic E-state index is -0.757. The Labute approximate surface area is 204 Å². The average molecular weight is 468 g/mol. The van der Waals surface area contributed by atoms with Crippen LogP contribution in [0.1, 0.15) is 91.5 Å². The Balaban J connectivity index is 2.14. The number of allylic oxidation sites excluding steroid dienone is 4. The molecule has 2 aliphatic rings. The van der Waals surface area contributed by atoms with E-state index in [0.29, 0.717) is 25.7 Å². The highest BCUT2D eigenvalue weighted by Crippen LogP contribution is 2.48. The minimum absolute atomic E-state index is 0.0341. The van der Waals surface area contributed by atoms with Crippen molar-refractivity contribution >= 4 is 17.3 Å². The first-order valence-electron chi connectivity index (χ1n) is 12.6. The lowest BCUT2D eigenvalue weighted by atomic mass is 9.67. The molecule has 0 spiro atoms. The largest absolute Gasteiger partial charge is 0.512 e. The van der Waals surface area contributed by atoms with Crippen LogP contribution < -0.4 is 4.90 Å². The van der Waals surface area contributed by atoms with Crippen LogP contribution in [0.25, 0.3) is 0 Å². The van der Waals surface area contributed by atoms with E-state index in [1.807, 2.05) is 52.0 Å². The highest BCUT2D eigenvalue weighted by atomic mass is 16.3. The van der Waals surface area contributed by atoms with Gasteiger partial charge in [-0.1, -0.05) is 53.7 Å². The summed E-state index contributed by atoms with van der Waals surface area (Å²) >= 11 is 0. The van der Waals surface area contributed by atoms with Crippen LogP contribution in [0.15, 0.2) is 46.9 Å². The predicted molar refractivity (Wildman–Crippen MR) is 137 cm³/mol. The maximum atomic E-state index is 13.3. The molecule has 34 heavy (non-hydrogen) atoms. The van der Waals surface area contributed by atoms with Crippen molar-refractivity contribution in [2.75, 3.05) is 18.0 Å². The van der Waals surface area contributed by atoms with Crippen molar-refractivity contribution in [1.82, 2.24) is 0 Å². The van der Waals surface area contributed by atoms with Crippen molar-refractivity contribution in [2.45, 2.75) is 86.0 Å². The van der Waals surface area contributed by atoms with E-state index >= 15 is 0 Å². The van der Waals surface area contributed by atoms with Gasteiger partial charge in [0.05, 0.1) is 0 Å². The van der Waals surface area contributed by atoms with Crippen molar-refractivity contribution in [3.8, 4) is 0 Å². The number of Topliss-reactive ketones (excluding diaryl/α,β-unsaturated/α-hetero) is 2. The second kappa shape index (κ2) is 9.97. The second-order valence-corrected chi connectivity index (χ2v) is 11.6. The molecule has 0 radical (unpaired) electrons. The highest BCUT2D eigenvalue weighted by Gasteiger charge is 2.43. The van der Waals surface area contributed by atoms with Crippen molar-refractivity contribution in [3.05, 3.63) is 52.5 Å². The summed E-state index contributed by atoms with van der Waals surface area (Å²) in [6, 6.07) is 7.94. The molecule has 0 amide bonds. The lowest BCUT2D eigenvalue weighted by Gasteiger charge is -2.36. The molecular weight excluding hydrogens is 426 g/mol. The molecule has 0 heterocycles. The first kappa shape index (κ1) is 26.1. The fourth-order valence-corrected chi connectivity index (χ4v) is 5.52. The van der Waals surface area contributed by atoms with E-state index in [4.69, 9.17) is 0 Å². The van der Waals surface area contributed by atoms with Gasteiger partial charge in [-0.15, -0.1) is 0 Å². The molecule has 0 saturated carbocycles. The molecule has 1 aromatic carbocycles. The number of hydrogen-bond donors (Lipinski definition) is 2. The van der Waals surface area contributed by atoms with E-state index in [2.05, 4.69) is 18.7 Å². The van der Waals surface area contributed by atoms with Crippen LogP contribution in [0, 0.1) is 10.8 Å². The summed E-state index contributed by atoms with van der Waals surface area (Å²) in [5.74, 6) is -0.996. The Hall–Kier alpha value is -2.56. The van der Waals surface area contributed by atoms with E-state index in [-0.39, 0.29) is 45.1 Å². The summed E-state index contributed by atoms with van der Waals surface area (Å²) in [5, 5.41) is 22.1. The average Bonchev–Trinajstić information content (AvgIpc) is 2.70. The van der Waals surface area contributed by atoms with Gasteiger partial charge < -0.3 is 15.1 Å². The summed E-state index contributed by atoms with van der Waals surface area (Å²) in [6.07, 6.45) is 3.43. The number of carbonyl (C=O) groups is 2. The van der Waals surface area contributed by atoms with Crippen LogP contribution >= 0.6 is 0 Å². The van der Waals surface area contributed by atoms with E-state index in [9.17, 15) is 19.8 Å². The van der Waals surface area contributed by atoms with Crippen LogP contribution in [-0.4, -0.2) is 34.9 Å². The van der Waals surface area contributed by atoms with Gasteiger partial charge in [-0.3, -0.25) is 9.59 Å². The van der Waals surface area contributed by atoms with Crippen molar-refractivity contribution in [3.63, 3.8) is 0 Å². The smallest absolute Gasteiger partial charge is 0.163 e. The van der Waals surface area contributed by atoms with Gasteiger partial charge in [-0.2, -0.15) is 0 Å². The molecule has 2 N–H and O–H groups in total. The molecule has 0 unspecified atom stereocenters. The molecule has 2 aliphatic carbocycles. The first-order chi connectivity index (χ1) is 15.9. The second-order valence-electron chi connectivity index (χ2n) is 11.6. The number of aliphatic hydroxyl groups excluding tert-OH is 2. The van der Waals surface area contributed by atoms with Gasteiger partial charge in [0.15, 0.2) is 11.6 Å². The van der Waals surface area contributed by atoms with Crippen LogP contribution in [0.3, 0.4) is 0 Å². The lowest BCUT2D eigenvalue weighted by Crippen LogP contribution is -2.33. The summed E-state index contributed by atoms with van der Waals surface area (Å²) < 4.78 is 0. The first-order valence-corrected chi connectivity index (χ1v) is 12.6. The quantitative estimate of drug-likeness (QED) is 0.440. The summed E-state index contributed by atoms with van der Waals surface area (Å²) in [5.41, 5.74) is 1.70. The predicted octanol–water partition coefficient (Wildman–Crippen LogP) is 6.80. The van der Waals surface area contributed by atoms with Gasteiger partial charge in [-0.25, -0.2) is 0 Å². The Bertz CT molecular complexity index is 939. The number of anilines is 1. The molecule has 3 rings (SSSR count). The zero-order valence-electron chi connectivity index (χ0n) is 21.7. The number of nitrogens with zero attached hydrogens (tertiary/aromatic N) is 1. The molecule has 186 valence electrons. The standard InChI is InChI=1S/C29H41NO4/c1-7-13-30(14-8-2)20-11-9-19(10-12-20)25(26-21(31)15-28(3,4)16-22(26)32)27-23(33)17-29(5,6)18-24(27)34/h9-12,25,31,33H,7-8,13-18H2,1-6H3. The zero-order valence-corrected chi connectivity index (χ0v) is 21.7. The third kappa shape index (κ3) is 5.56. The molecule has 0 saturated heterocycles. The fourth-order valence-electron chi connectivity index (χ4n) is 5.52. The van der Waals surface area contributed by atoms with Crippen LogP contribution in [0.2, 0.25) is 0 Å². The highest BCUT2D eigenvalue weighted by molar-refractivity contribution is 6.05. The maximum absolute atomic E-state index is 13.3. The van der Waals surface area contributed by atoms with Crippen LogP contribution in [0.5, 0.6) is 0 Å². The number of hydrogen-bond acceptors (Lipinski definition) is 5. The summed E-state index contributed by atoms with van der Waals surface area (Å²) in [6.45, 7) is 14.1. The van der Waals surface area contributed by atoms with E-state index < -0.39 is 5.92 Å². The molecule has 0 atom stereocenters. The Morgan fingerprint density at radius 2 is 1.18 bits per heavy atom. The maximum Gasteiger partial charge on any atom is 0.163 e. The van der Waals surface area contributed by atoms with Gasteiger partial charge >= 0.3 is 0 Å². The monoisotopic (exact) mass is 467 g/mol. The third-order valence-corrected chi connectivity index (χ3v) is 6.95. The molecule has 0 aliphatic heterocycles. The number of carbonyl (C=O) groups excluding carboxylic acids is 2. The molecule has 0 fully saturated rings. The van der Waals surface area contributed by atoms with E-state index in [0.717, 1.165) is 37.2 Å². The molecular formula is C29H41NO4. The van der Waals surface area contributed by atoms with Gasteiger partial charge in [0.1, 0.15) is 11.5 Å². The number of benzene rings is 1. The van der Waals surface area contributed by atoms with E-state index in [1.165, 1.54) is 0 Å². The molecule has 5 nitrogen and oxygen atoms in total.